The lowest BCUT2D eigenvalue weighted by atomic mass is 9.93. The Balaban J connectivity index is 1.50. The molecule has 2 aromatic rings. The van der Waals surface area contributed by atoms with E-state index in [2.05, 4.69) is 36.2 Å². The van der Waals surface area contributed by atoms with Gasteiger partial charge in [0.2, 0.25) is 17.8 Å². The highest BCUT2D eigenvalue weighted by Gasteiger charge is 2.19. The first-order valence-corrected chi connectivity index (χ1v) is 11.8. The molecule has 1 heterocycles. The van der Waals surface area contributed by atoms with Gasteiger partial charge in [-0.3, -0.25) is 4.79 Å². The van der Waals surface area contributed by atoms with Gasteiger partial charge < -0.3 is 36.5 Å². The van der Waals surface area contributed by atoms with Crippen LogP contribution in [-0.4, -0.2) is 72.5 Å². The van der Waals surface area contributed by atoms with Gasteiger partial charge in [-0.2, -0.15) is 15.0 Å². The minimum atomic E-state index is -0.162. The molecule has 0 bridgehead atoms. The van der Waals surface area contributed by atoms with E-state index in [4.69, 9.17) is 15.2 Å². The monoisotopic (exact) mass is 472 g/mol. The number of rotatable bonds is 15. The Kier molecular flexibility index (Phi) is 10.3. The van der Waals surface area contributed by atoms with E-state index < -0.39 is 0 Å². The molecule has 34 heavy (non-hydrogen) atoms. The SMILES string of the molecule is CC(C)Nc1nc(Nc2ccc(C(=O)NCCOCCOCCN)cc2)nc(NC2CCC2)n1. The van der Waals surface area contributed by atoms with Crippen molar-refractivity contribution in [1.29, 1.82) is 0 Å². The van der Waals surface area contributed by atoms with Crippen LogP contribution in [0.1, 0.15) is 43.5 Å². The summed E-state index contributed by atoms with van der Waals surface area (Å²) in [5.74, 6) is 1.34. The fourth-order valence-corrected chi connectivity index (χ4v) is 3.13. The Morgan fingerprint density at radius 3 is 2.32 bits per heavy atom. The van der Waals surface area contributed by atoms with Gasteiger partial charge in [0.15, 0.2) is 0 Å². The molecule has 11 heteroatoms. The lowest BCUT2D eigenvalue weighted by molar-refractivity contribution is 0.0511. The summed E-state index contributed by atoms with van der Waals surface area (Å²) < 4.78 is 10.6. The highest BCUT2D eigenvalue weighted by molar-refractivity contribution is 5.94. The van der Waals surface area contributed by atoms with Crippen LogP contribution in [-0.2, 0) is 9.47 Å². The summed E-state index contributed by atoms with van der Waals surface area (Å²) in [7, 11) is 0. The summed E-state index contributed by atoms with van der Waals surface area (Å²) in [5.41, 5.74) is 6.68. The van der Waals surface area contributed by atoms with E-state index in [9.17, 15) is 4.79 Å². The minimum absolute atomic E-state index is 0.162. The molecule has 0 spiro atoms. The van der Waals surface area contributed by atoms with Crippen molar-refractivity contribution in [3.05, 3.63) is 29.8 Å². The van der Waals surface area contributed by atoms with E-state index in [1.165, 1.54) is 6.42 Å². The first kappa shape index (κ1) is 25.6. The molecule has 6 N–H and O–H groups in total. The molecule has 0 aliphatic heterocycles. The number of nitrogens with one attached hydrogen (secondary N) is 4. The van der Waals surface area contributed by atoms with Crippen LogP contribution in [0.5, 0.6) is 0 Å². The molecular weight excluding hydrogens is 436 g/mol. The first-order valence-electron chi connectivity index (χ1n) is 11.8. The van der Waals surface area contributed by atoms with E-state index in [-0.39, 0.29) is 11.9 Å². The first-order chi connectivity index (χ1) is 16.5. The molecule has 1 saturated carbocycles. The number of aromatic nitrogens is 3. The van der Waals surface area contributed by atoms with Crippen LogP contribution in [0, 0.1) is 0 Å². The van der Waals surface area contributed by atoms with Gasteiger partial charge >= 0.3 is 0 Å². The average Bonchev–Trinajstić information content (AvgIpc) is 2.78. The Bertz CT molecular complexity index is 890. The van der Waals surface area contributed by atoms with Crippen molar-refractivity contribution in [3.63, 3.8) is 0 Å². The van der Waals surface area contributed by atoms with Gasteiger partial charge in [0.25, 0.3) is 5.91 Å². The van der Waals surface area contributed by atoms with Crippen molar-refractivity contribution < 1.29 is 14.3 Å². The number of hydrogen-bond acceptors (Lipinski definition) is 10. The molecule has 1 aromatic heterocycles. The van der Waals surface area contributed by atoms with Gasteiger partial charge in [0.1, 0.15) is 0 Å². The van der Waals surface area contributed by atoms with E-state index in [0.29, 0.717) is 69.0 Å². The Labute approximate surface area is 200 Å². The smallest absolute Gasteiger partial charge is 0.251 e. The fraction of sp³-hybridized carbons (Fsp3) is 0.565. The maximum Gasteiger partial charge on any atom is 0.251 e. The molecule has 11 nitrogen and oxygen atoms in total. The van der Waals surface area contributed by atoms with Gasteiger partial charge in [0, 0.05) is 36.4 Å². The topological polar surface area (TPSA) is 148 Å². The molecule has 1 amide bonds. The Morgan fingerprint density at radius 2 is 1.68 bits per heavy atom. The van der Waals surface area contributed by atoms with Crippen LogP contribution < -0.4 is 27.0 Å². The number of carbonyl (C=O) groups excluding carboxylic acids is 1. The lowest BCUT2D eigenvalue weighted by Crippen LogP contribution is -2.28. The molecular formula is C23H36N8O3. The molecule has 186 valence electrons. The summed E-state index contributed by atoms with van der Waals surface area (Å²) >= 11 is 0. The predicted molar refractivity (Wildman–Crippen MR) is 133 cm³/mol. The standard InChI is InChI=1S/C23H36N8O3/c1-16(2)26-21-29-22(27-18-4-3-5-18)31-23(30-21)28-19-8-6-17(7-9-19)20(32)25-11-13-34-15-14-33-12-10-24/h6-9,16,18H,3-5,10-15,24H2,1-2H3,(H,25,32)(H3,26,27,28,29,30,31). The maximum absolute atomic E-state index is 12.3. The Hall–Kier alpha value is -3.02. The van der Waals surface area contributed by atoms with Gasteiger partial charge in [-0.05, 0) is 57.4 Å². The number of nitrogens with two attached hydrogens (primary N) is 1. The van der Waals surface area contributed by atoms with Gasteiger partial charge in [0.05, 0.1) is 26.4 Å². The van der Waals surface area contributed by atoms with Crippen LogP contribution in [0.25, 0.3) is 0 Å². The highest BCUT2D eigenvalue weighted by atomic mass is 16.5. The van der Waals surface area contributed by atoms with E-state index >= 15 is 0 Å². The van der Waals surface area contributed by atoms with E-state index in [1.807, 2.05) is 26.0 Å². The number of nitrogens with zero attached hydrogens (tertiary/aromatic N) is 3. The largest absolute Gasteiger partial charge is 0.378 e. The van der Waals surface area contributed by atoms with Crippen LogP contribution in [0.15, 0.2) is 24.3 Å². The molecule has 3 rings (SSSR count). The van der Waals surface area contributed by atoms with E-state index in [1.54, 1.807) is 12.1 Å². The van der Waals surface area contributed by atoms with Crippen molar-refractivity contribution in [3.8, 4) is 0 Å². The number of amides is 1. The van der Waals surface area contributed by atoms with Crippen molar-refractivity contribution in [1.82, 2.24) is 20.3 Å². The number of benzene rings is 1. The third-order valence-corrected chi connectivity index (χ3v) is 5.06. The third kappa shape index (κ3) is 8.73. The molecule has 0 radical (unpaired) electrons. The lowest BCUT2D eigenvalue weighted by Gasteiger charge is -2.26. The quantitative estimate of drug-likeness (QED) is 0.244. The maximum atomic E-state index is 12.3. The zero-order chi connectivity index (χ0) is 24.2. The average molecular weight is 473 g/mol. The second-order valence-electron chi connectivity index (χ2n) is 8.35. The van der Waals surface area contributed by atoms with Crippen molar-refractivity contribution in [2.75, 3.05) is 55.5 Å². The number of carbonyl (C=O) groups is 1. The molecule has 0 unspecified atom stereocenters. The predicted octanol–water partition coefficient (Wildman–Crippen LogP) is 2.12. The van der Waals surface area contributed by atoms with Crippen molar-refractivity contribution in [2.45, 2.75) is 45.2 Å². The second-order valence-corrected chi connectivity index (χ2v) is 8.35. The summed E-state index contributed by atoms with van der Waals surface area (Å²) in [6.45, 7) is 6.88. The minimum Gasteiger partial charge on any atom is -0.378 e. The normalized spacial score (nSPS) is 13.4. The molecule has 1 aliphatic carbocycles. The second kappa shape index (κ2) is 13.6. The van der Waals surface area contributed by atoms with Gasteiger partial charge in [-0.1, -0.05) is 0 Å². The Morgan fingerprint density at radius 1 is 1.00 bits per heavy atom. The van der Waals surface area contributed by atoms with Crippen molar-refractivity contribution in [2.24, 2.45) is 5.73 Å². The molecule has 1 fully saturated rings. The zero-order valence-electron chi connectivity index (χ0n) is 20.0. The summed E-state index contributed by atoms with van der Waals surface area (Å²) in [4.78, 5) is 25.8. The van der Waals surface area contributed by atoms with E-state index in [0.717, 1.165) is 18.5 Å². The van der Waals surface area contributed by atoms with Gasteiger partial charge in [-0.15, -0.1) is 0 Å². The van der Waals surface area contributed by atoms with Crippen LogP contribution in [0.3, 0.4) is 0 Å². The number of hydrogen-bond donors (Lipinski definition) is 5. The van der Waals surface area contributed by atoms with Crippen LogP contribution in [0.2, 0.25) is 0 Å². The van der Waals surface area contributed by atoms with Crippen LogP contribution >= 0.6 is 0 Å². The number of ether oxygens (including phenoxy) is 2. The van der Waals surface area contributed by atoms with Gasteiger partial charge in [-0.25, -0.2) is 0 Å². The highest BCUT2D eigenvalue weighted by Crippen LogP contribution is 2.23. The fourth-order valence-electron chi connectivity index (χ4n) is 3.13. The summed E-state index contributed by atoms with van der Waals surface area (Å²) in [5, 5.41) is 12.6. The molecule has 0 atom stereocenters. The van der Waals surface area contributed by atoms with Crippen LogP contribution in [0.4, 0.5) is 23.5 Å². The summed E-state index contributed by atoms with van der Waals surface area (Å²) in [6, 6.07) is 7.74. The molecule has 1 aromatic carbocycles. The van der Waals surface area contributed by atoms with Crippen molar-refractivity contribution >= 4 is 29.4 Å². The molecule has 0 saturated heterocycles. The molecule has 1 aliphatic rings. The zero-order valence-corrected chi connectivity index (χ0v) is 20.0. The number of anilines is 4. The third-order valence-electron chi connectivity index (χ3n) is 5.06. The summed E-state index contributed by atoms with van der Waals surface area (Å²) in [6.07, 6.45) is 3.47.